The molecule has 3 rings (SSSR count). The highest BCUT2D eigenvalue weighted by Gasteiger charge is 2.37. The lowest BCUT2D eigenvalue weighted by atomic mass is 10.0. The van der Waals surface area contributed by atoms with Crippen LogP contribution in [-0.2, 0) is 11.2 Å². The fourth-order valence-corrected chi connectivity index (χ4v) is 3.09. The molecule has 19 heavy (non-hydrogen) atoms. The van der Waals surface area contributed by atoms with Crippen molar-refractivity contribution in [3.8, 4) is 5.75 Å². The number of ether oxygens (including phenoxy) is 1. The third-order valence-electron chi connectivity index (χ3n) is 4.26. The average molecular weight is 260 g/mol. The van der Waals surface area contributed by atoms with Crippen LogP contribution in [0.4, 0.5) is 0 Å². The van der Waals surface area contributed by atoms with Gasteiger partial charge in [-0.25, -0.2) is 0 Å². The number of fused-ring (bicyclic) bond motifs is 1. The summed E-state index contributed by atoms with van der Waals surface area (Å²) in [6, 6.07) is 7.75. The van der Waals surface area contributed by atoms with Crippen molar-refractivity contribution >= 4 is 5.91 Å². The molecule has 2 aliphatic heterocycles. The molecule has 0 aliphatic carbocycles. The van der Waals surface area contributed by atoms with Crippen molar-refractivity contribution in [1.29, 1.82) is 0 Å². The minimum atomic E-state index is 0.250. The Morgan fingerprint density at radius 3 is 2.47 bits per heavy atom. The van der Waals surface area contributed by atoms with Crippen LogP contribution in [-0.4, -0.2) is 44.1 Å². The normalized spacial score (nSPS) is 25.4. The largest absolute Gasteiger partial charge is 0.497 e. The molecule has 1 aromatic rings. The molecule has 2 saturated heterocycles. The second-order valence-corrected chi connectivity index (χ2v) is 5.50. The molecule has 2 aliphatic rings. The van der Waals surface area contributed by atoms with Crippen molar-refractivity contribution in [3.63, 3.8) is 0 Å². The van der Waals surface area contributed by atoms with Gasteiger partial charge in [0.15, 0.2) is 0 Å². The number of amides is 1. The molecular formula is C15H20N2O2. The van der Waals surface area contributed by atoms with Gasteiger partial charge in [-0.1, -0.05) is 12.1 Å². The summed E-state index contributed by atoms with van der Waals surface area (Å²) in [7, 11) is 1.65. The van der Waals surface area contributed by atoms with Gasteiger partial charge in [-0.15, -0.1) is 0 Å². The van der Waals surface area contributed by atoms with Crippen LogP contribution in [0.3, 0.4) is 0 Å². The minimum Gasteiger partial charge on any atom is -0.497 e. The maximum atomic E-state index is 12.3. The first kappa shape index (κ1) is 12.5. The van der Waals surface area contributed by atoms with Gasteiger partial charge in [0.1, 0.15) is 5.75 Å². The van der Waals surface area contributed by atoms with Crippen LogP contribution < -0.4 is 10.1 Å². The monoisotopic (exact) mass is 260 g/mol. The van der Waals surface area contributed by atoms with Gasteiger partial charge < -0.3 is 15.0 Å². The van der Waals surface area contributed by atoms with Crippen LogP contribution in [0.15, 0.2) is 24.3 Å². The number of carbonyl (C=O) groups excluding carboxylic acids is 1. The number of methoxy groups -OCH3 is 1. The van der Waals surface area contributed by atoms with Crippen LogP contribution in [0.1, 0.15) is 5.56 Å². The molecule has 0 spiro atoms. The van der Waals surface area contributed by atoms with Crippen LogP contribution >= 0.6 is 0 Å². The number of carbonyl (C=O) groups is 1. The fraction of sp³-hybridized carbons (Fsp3) is 0.533. The van der Waals surface area contributed by atoms with Gasteiger partial charge in [-0.2, -0.15) is 0 Å². The Hall–Kier alpha value is -1.55. The molecule has 2 fully saturated rings. The summed E-state index contributed by atoms with van der Waals surface area (Å²) in [4.78, 5) is 14.3. The van der Waals surface area contributed by atoms with Crippen molar-refractivity contribution in [3.05, 3.63) is 29.8 Å². The standard InChI is InChI=1S/C15H20N2O2/c1-19-14-4-2-11(3-5-14)6-15(18)17-9-12-7-16-8-13(12)10-17/h2-5,12-13,16H,6-10H2,1H3. The van der Waals surface area contributed by atoms with Gasteiger partial charge in [0.25, 0.3) is 0 Å². The summed E-state index contributed by atoms with van der Waals surface area (Å²) in [5, 5.41) is 3.39. The average Bonchev–Trinajstić information content (AvgIpc) is 3.00. The second kappa shape index (κ2) is 5.21. The predicted octanol–water partition coefficient (Wildman–Crippen LogP) is 0.915. The molecule has 102 valence electrons. The van der Waals surface area contributed by atoms with Gasteiger partial charge in [0.2, 0.25) is 5.91 Å². The van der Waals surface area contributed by atoms with Crippen molar-refractivity contribution in [2.75, 3.05) is 33.3 Å². The molecule has 1 amide bonds. The van der Waals surface area contributed by atoms with Crippen molar-refractivity contribution in [2.24, 2.45) is 11.8 Å². The Morgan fingerprint density at radius 2 is 1.89 bits per heavy atom. The number of nitrogens with one attached hydrogen (secondary N) is 1. The first-order valence-electron chi connectivity index (χ1n) is 6.87. The van der Waals surface area contributed by atoms with E-state index in [4.69, 9.17) is 4.74 Å². The van der Waals surface area contributed by atoms with Crippen molar-refractivity contribution < 1.29 is 9.53 Å². The maximum absolute atomic E-state index is 12.3. The predicted molar refractivity (Wildman–Crippen MR) is 73.1 cm³/mol. The quantitative estimate of drug-likeness (QED) is 0.878. The summed E-state index contributed by atoms with van der Waals surface area (Å²) in [5.74, 6) is 2.41. The molecule has 4 nitrogen and oxygen atoms in total. The molecule has 2 unspecified atom stereocenters. The first-order valence-corrected chi connectivity index (χ1v) is 6.87. The lowest BCUT2D eigenvalue weighted by molar-refractivity contribution is -0.129. The summed E-state index contributed by atoms with van der Waals surface area (Å²) in [6.07, 6.45) is 0.497. The highest BCUT2D eigenvalue weighted by atomic mass is 16.5. The molecule has 1 N–H and O–H groups in total. The number of hydrogen-bond donors (Lipinski definition) is 1. The zero-order valence-corrected chi connectivity index (χ0v) is 11.3. The molecule has 4 heteroatoms. The van der Waals surface area contributed by atoms with Crippen molar-refractivity contribution in [1.82, 2.24) is 10.2 Å². The van der Waals surface area contributed by atoms with Gasteiger partial charge in [-0.3, -0.25) is 4.79 Å². The molecule has 0 bridgehead atoms. The molecule has 0 saturated carbocycles. The smallest absolute Gasteiger partial charge is 0.227 e. The molecular weight excluding hydrogens is 240 g/mol. The highest BCUT2D eigenvalue weighted by molar-refractivity contribution is 5.79. The second-order valence-electron chi connectivity index (χ2n) is 5.50. The number of likely N-dealkylation sites (tertiary alicyclic amines) is 1. The van der Waals surface area contributed by atoms with Crippen LogP contribution in [0.5, 0.6) is 5.75 Å². The Kier molecular flexibility index (Phi) is 3.42. The third kappa shape index (κ3) is 2.59. The SMILES string of the molecule is COc1ccc(CC(=O)N2CC3CNCC3C2)cc1. The van der Waals surface area contributed by atoms with E-state index in [1.165, 1.54) is 0 Å². The third-order valence-corrected chi connectivity index (χ3v) is 4.26. The van der Waals surface area contributed by atoms with E-state index in [1.807, 2.05) is 29.2 Å². The maximum Gasteiger partial charge on any atom is 0.227 e. The minimum absolute atomic E-state index is 0.250. The Morgan fingerprint density at radius 1 is 1.26 bits per heavy atom. The number of benzene rings is 1. The van der Waals surface area contributed by atoms with E-state index in [-0.39, 0.29) is 5.91 Å². The van der Waals surface area contributed by atoms with E-state index in [1.54, 1.807) is 7.11 Å². The van der Waals surface area contributed by atoms with E-state index < -0.39 is 0 Å². The van der Waals surface area contributed by atoms with Crippen LogP contribution in [0.25, 0.3) is 0 Å². The van der Waals surface area contributed by atoms with Gasteiger partial charge in [-0.05, 0) is 29.5 Å². The Balaban J connectivity index is 1.59. The Bertz CT molecular complexity index is 446. The van der Waals surface area contributed by atoms with E-state index in [0.717, 1.165) is 37.5 Å². The molecule has 0 radical (unpaired) electrons. The number of rotatable bonds is 3. The first-order chi connectivity index (χ1) is 9.26. The Labute approximate surface area is 113 Å². The molecule has 2 atom stereocenters. The van der Waals surface area contributed by atoms with E-state index in [9.17, 15) is 4.79 Å². The lowest BCUT2D eigenvalue weighted by Crippen LogP contribution is -2.32. The summed E-state index contributed by atoms with van der Waals surface area (Å²) in [6.45, 7) is 3.98. The summed E-state index contributed by atoms with van der Waals surface area (Å²) in [5.41, 5.74) is 1.06. The van der Waals surface area contributed by atoms with Crippen molar-refractivity contribution in [2.45, 2.75) is 6.42 Å². The van der Waals surface area contributed by atoms with E-state index in [0.29, 0.717) is 18.3 Å². The molecule has 0 aromatic heterocycles. The van der Waals surface area contributed by atoms with Gasteiger partial charge in [0, 0.05) is 26.2 Å². The topological polar surface area (TPSA) is 41.6 Å². The lowest BCUT2D eigenvalue weighted by Gasteiger charge is -2.17. The van der Waals surface area contributed by atoms with Gasteiger partial charge in [0.05, 0.1) is 13.5 Å². The number of hydrogen-bond acceptors (Lipinski definition) is 3. The van der Waals surface area contributed by atoms with Crippen LogP contribution in [0, 0.1) is 11.8 Å². The number of nitrogens with zero attached hydrogens (tertiary/aromatic N) is 1. The molecule has 1 aromatic carbocycles. The zero-order valence-electron chi connectivity index (χ0n) is 11.3. The summed E-state index contributed by atoms with van der Waals surface area (Å²) >= 11 is 0. The van der Waals surface area contributed by atoms with Gasteiger partial charge >= 0.3 is 0 Å². The zero-order chi connectivity index (χ0) is 13.2. The van der Waals surface area contributed by atoms with E-state index in [2.05, 4.69) is 5.32 Å². The fourth-order valence-electron chi connectivity index (χ4n) is 3.09. The summed E-state index contributed by atoms with van der Waals surface area (Å²) < 4.78 is 5.12. The molecule has 2 heterocycles. The highest BCUT2D eigenvalue weighted by Crippen LogP contribution is 2.26. The van der Waals surface area contributed by atoms with Crippen LogP contribution in [0.2, 0.25) is 0 Å². The van der Waals surface area contributed by atoms with E-state index >= 15 is 0 Å².